The minimum absolute atomic E-state index is 0.0392. The van der Waals surface area contributed by atoms with Gasteiger partial charge in [0.15, 0.2) is 6.10 Å². The summed E-state index contributed by atoms with van der Waals surface area (Å²) < 4.78 is 33.9. The lowest BCUT2D eigenvalue weighted by molar-refractivity contribution is -0.870. The first kappa shape index (κ1) is 58.0. The molecule has 350 valence electrons. The van der Waals surface area contributed by atoms with Gasteiger partial charge < -0.3 is 27.9 Å². The lowest BCUT2D eigenvalue weighted by atomic mass is 10.0. The number of phosphoric ester groups is 1. The second kappa shape index (κ2) is 42.3. The molecule has 0 spiro atoms. The van der Waals surface area contributed by atoms with Gasteiger partial charge in [0.2, 0.25) is 0 Å². The monoisotopic (exact) mass is 866 g/mol. The molecule has 0 aromatic rings. The fourth-order valence-electron chi connectivity index (χ4n) is 6.59. The fraction of sp³-hybridized carbons (Fsp3) is 0.800. The van der Waals surface area contributed by atoms with Crippen molar-refractivity contribution in [1.82, 2.24) is 0 Å². The zero-order chi connectivity index (χ0) is 44.3. The first-order valence-corrected chi connectivity index (χ1v) is 25.8. The maximum Gasteiger partial charge on any atom is 0.306 e. The van der Waals surface area contributed by atoms with Gasteiger partial charge in [-0.25, -0.2) is 0 Å². The van der Waals surface area contributed by atoms with Crippen molar-refractivity contribution in [3.05, 3.63) is 48.6 Å². The highest BCUT2D eigenvalue weighted by atomic mass is 31.2. The lowest BCUT2D eigenvalue weighted by Gasteiger charge is -2.28. The van der Waals surface area contributed by atoms with E-state index in [9.17, 15) is 19.0 Å². The maximum absolute atomic E-state index is 12.7. The first-order chi connectivity index (χ1) is 29.0. The Bertz CT molecular complexity index is 1160. The van der Waals surface area contributed by atoms with Crippen molar-refractivity contribution in [2.45, 2.75) is 213 Å². The molecular weight excluding hydrogens is 774 g/mol. The lowest BCUT2D eigenvalue weighted by Crippen LogP contribution is -2.37. The molecule has 1 unspecified atom stereocenters. The van der Waals surface area contributed by atoms with Crippen LogP contribution in [-0.4, -0.2) is 70.0 Å². The van der Waals surface area contributed by atoms with E-state index in [1.165, 1.54) is 116 Å². The van der Waals surface area contributed by atoms with E-state index in [2.05, 4.69) is 62.5 Å². The van der Waals surface area contributed by atoms with E-state index >= 15 is 0 Å². The molecule has 10 heteroatoms. The molecule has 0 bridgehead atoms. The zero-order valence-corrected chi connectivity index (χ0v) is 40.3. The Morgan fingerprint density at radius 1 is 0.533 bits per heavy atom. The van der Waals surface area contributed by atoms with Gasteiger partial charge in [-0.3, -0.25) is 14.2 Å². The van der Waals surface area contributed by atoms with Crippen molar-refractivity contribution in [1.29, 1.82) is 0 Å². The predicted octanol–water partition coefficient (Wildman–Crippen LogP) is 13.6. The summed E-state index contributed by atoms with van der Waals surface area (Å²) in [5.74, 6) is -0.878. The van der Waals surface area contributed by atoms with E-state index in [0.717, 1.165) is 57.8 Å². The molecule has 0 N–H and O–H groups in total. The van der Waals surface area contributed by atoms with Crippen LogP contribution < -0.4 is 4.89 Å². The molecule has 60 heavy (non-hydrogen) atoms. The quantitative estimate of drug-likeness (QED) is 0.0196. The molecule has 0 heterocycles. The number of hydrogen-bond acceptors (Lipinski definition) is 8. The minimum atomic E-state index is -4.64. The Hall–Kier alpha value is -2.03. The van der Waals surface area contributed by atoms with Crippen LogP contribution in [0, 0.1) is 0 Å². The smallest absolute Gasteiger partial charge is 0.306 e. The van der Waals surface area contributed by atoms with Gasteiger partial charge in [0.25, 0.3) is 7.82 Å². The topological polar surface area (TPSA) is 111 Å². The summed E-state index contributed by atoms with van der Waals surface area (Å²) in [7, 11) is 1.14. The molecule has 9 nitrogen and oxygen atoms in total. The second-order valence-electron chi connectivity index (χ2n) is 17.5. The summed E-state index contributed by atoms with van der Waals surface area (Å²) in [6.45, 7) is 4.08. The standard InChI is InChI=1S/C50H92NO8P/c1-6-8-10-12-14-16-18-20-22-23-24-25-26-27-29-30-32-34-36-38-40-42-49(52)56-46-48(47-58-60(54,55)57-45-44-51(3,4)5)59-50(53)43-41-39-37-35-33-31-28-21-19-17-15-13-11-9-7-2/h9,11,15,17,21,28,33,35,48H,6-8,10,12-14,16,18-20,22-27,29-32,34,36-47H2,1-5H3/b11-9+,17-15+,28-21+,35-33+/t48-/m0/s1. The average Bonchev–Trinajstić information content (AvgIpc) is 3.20. The van der Waals surface area contributed by atoms with E-state index < -0.39 is 32.5 Å². The van der Waals surface area contributed by atoms with Gasteiger partial charge in [0.1, 0.15) is 19.8 Å². The summed E-state index contributed by atoms with van der Waals surface area (Å²) in [6.07, 6.45) is 50.1. The average molecular weight is 866 g/mol. The van der Waals surface area contributed by atoms with Crippen LogP contribution in [-0.2, 0) is 32.7 Å². The van der Waals surface area contributed by atoms with Crippen LogP contribution in [0.5, 0.6) is 0 Å². The van der Waals surface area contributed by atoms with Crippen LogP contribution in [0.25, 0.3) is 0 Å². The second-order valence-corrected chi connectivity index (χ2v) is 18.9. The summed E-state index contributed by atoms with van der Waals surface area (Å²) in [4.78, 5) is 37.6. The number of rotatable bonds is 44. The number of nitrogens with zero attached hydrogens (tertiary/aromatic N) is 1. The van der Waals surface area contributed by atoms with Gasteiger partial charge in [0.05, 0.1) is 27.7 Å². The number of quaternary nitrogens is 1. The highest BCUT2D eigenvalue weighted by molar-refractivity contribution is 7.45. The Balaban J connectivity index is 4.28. The summed E-state index contributed by atoms with van der Waals surface area (Å²) in [5, 5.41) is 0. The van der Waals surface area contributed by atoms with Gasteiger partial charge in [-0.15, -0.1) is 0 Å². The van der Waals surface area contributed by atoms with Gasteiger partial charge in [0, 0.05) is 12.8 Å². The number of likely N-dealkylation sites (N-methyl/N-ethyl adjacent to an activating group) is 1. The Kier molecular flexibility index (Phi) is 40.8. The van der Waals surface area contributed by atoms with E-state index in [4.69, 9.17) is 18.5 Å². The van der Waals surface area contributed by atoms with E-state index in [1.54, 1.807) is 0 Å². The van der Waals surface area contributed by atoms with Gasteiger partial charge >= 0.3 is 11.9 Å². The predicted molar refractivity (Wildman–Crippen MR) is 250 cm³/mol. The number of hydrogen-bond donors (Lipinski definition) is 0. The van der Waals surface area contributed by atoms with Crippen molar-refractivity contribution in [3.63, 3.8) is 0 Å². The molecule has 0 aromatic heterocycles. The van der Waals surface area contributed by atoms with Crippen molar-refractivity contribution in [3.8, 4) is 0 Å². The molecule has 0 amide bonds. The van der Waals surface area contributed by atoms with Crippen molar-refractivity contribution in [2.75, 3.05) is 47.5 Å². The molecular formula is C50H92NO8P. The molecule has 0 rings (SSSR count). The molecule has 0 aliphatic rings. The minimum Gasteiger partial charge on any atom is -0.756 e. The van der Waals surface area contributed by atoms with Crippen molar-refractivity contribution < 1.29 is 42.1 Å². The van der Waals surface area contributed by atoms with Gasteiger partial charge in [-0.1, -0.05) is 191 Å². The molecule has 0 fully saturated rings. The fourth-order valence-corrected chi connectivity index (χ4v) is 7.32. The molecule has 0 aliphatic carbocycles. The van der Waals surface area contributed by atoms with Crippen LogP contribution >= 0.6 is 7.82 Å². The Morgan fingerprint density at radius 3 is 1.42 bits per heavy atom. The molecule has 0 saturated carbocycles. The van der Waals surface area contributed by atoms with Crippen LogP contribution in [0.4, 0.5) is 0 Å². The van der Waals surface area contributed by atoms with Crippen LogP contribution in [0.1, 0.15) is 206 Å². The number of unbranched alkanes of at least 4 members (excludes halogenated alkanes) is 22. The summed E-state index contributed by atoms with van der Waals surface area (Å²) >= 11 is 0. The number of phosphoric acid groups is 1. The zero-order valence-electron chi connectivity index (χ0n) is 39.4. The van der Waals surface area contributed by atoms with Crippen LogP contribution in [0.15, 0.2) is 48.6 Å². The number of allylic oxidation sites excluding steroid dienone is 8. The van der Waals surface area contributed by atoms with Gasteiger partial charge in [-0.2, -0.15) is 0 Å². The number of esters is 2. The largest absolute Gasteiger partial charge is 0.756 e. The Morgan fingerprint density at radius 2 is 0.950 bits per heavy atom. The highest BCUT2D eigenvalue weighted by Gasteiger charge is 2.21. The molecule has 0 aliphatic heterocycles. The summed E-state index contributed by atoms with van der Waals surface area (Å²) in [5.41, 5.74) is 0. The molecule has 0 radical (unpaired) electrons. The SMILES string of the molecule is CC/C=C/C/C=C/C/C=C/C/C=C/CCCCC(=O)O[C@@H](COC(=O)CCCCCCCCCCCCCCCCCCCCCCC)COP(=O)([O-])OCC[N+](C)(C)C. The number of ether oxygens (including phenoxy) is 2. The van der Waals surface area contributed by atoms with E-state index in [1.807, 2.05) is 21.1 Å². The molecule has 0 aromatic carbocycles. The Labute approximate surface area is 369 Å². The molecule has 0 saturated heterocycles. The van der Waals surface area contributed by atoms with Crippen LogP contribution in [0.2, 0.25) is 0 Å². The van der Waals surface area contributed by atoms with Crippen LogP contribution in [0.3, 0.4) is 0 Å². The third-order valence-corrected chi connectivity index (χ3v) is 11.3. The van der Waals surface area contributed by atoms with E-state index in [0.29, 0.717) is 17.4 Å². The van der Waals surface area contributed by atoms with E-state index in [-0.39, 0.29) is 26.1 Å². The maximum atomic E-state index is 12.7. The van der Waals surface area contributed by atoms with Crippen molar-refractivity contribution >= 4 is 19.8 Å². The first-order valence-electron chi connectivity index (χ1n) is 24.3. The number of carbonyl (C=O) groups excluding carboxylic acids is 2. The normalized spacial score (nSPS) is 13.9. The molecule has 2 atom stereocenters. The third kappa shape index (κ3) is 45.5. The van der Waals surface area contributed by atoms with Crippen molar-refractivity contribution in [2.24, 2.45) is 0 Å². The van der Waals surface area contributed by atoms with Gasteiger partial charge in [-0.05, 0) is 51.4 Å². The third-order valence-electron chi connectivity index (χ3n) is 10.4. The number of carbonyl (C=O) groups is 2. The highest BCUT2D eigenvalue weighted by Crippen LogP contribution is 2.38. The summed E-state index contributed by atoms with van der Waals surface area (Å²) in [6, 6.07) is 0.